The van der Waals surface area contributed by atoms with Crippen molar-refractivity contribution in [1.29, 1.82) is 0 Å². The number of nitrogens with one attached hydrogen (secondary N) is 2. The molecule has 0 radical (unpaired) electrons. The van der Waals surface area contributed by atoms with Crippen LogP contribution >= 0.6 is 0 Å². The highest BCUT2D eigenvalue weighted by Crippen LogP contribution is 2.31. The summed E-state index contributed by atoms with van der Waals surface area (Å²) >= 11 is 0. The van der Waals surface area contributed by atoms with Crippen LogP contribution in [-0.2, 0) is 25.7 Å². The second kappa shape index (κ2) is 13.1. The Morgan fingerprint density at radius 2 is 1.59 bits per heavy atom. The monoisotopic (exact) mass is 534 g/mol. The van der Waals surface area contributed by atoms with Gasteiger partial charge in [-0.15, -0.1) is 0 Å². The predicted octanol–water partition coefficient (Wildman–Crippen LogP) is 3.66. The maximum atomic E-state index is 14.2. The highest BCUT2D eigenvalue weighted by Gasteiger charge is 2.39. The molecule has 0 aromatic heterocycles. The third kappa shape index (κ3) is 7.16. The molecule has 1 aliphatic carbocycles. The summed E-state index contributed by atoms with van der Waals surface area (Å²) in [5.74, 6) is -1.95. The van der Waals surface area contributed by atoms with Crippen molar-refractivity contribution in [3.05, 3.63) is 48.0 Å². The van der Waals surface area contributed by atoms with Gasteiger partial charge in [0.25, 0.3) is 0 Å². The number of carbonyl (C=O) groups excluding carboxylic acids is 4. The lowest BCUT2D eigenvalue weighted by Crippen LogP contribution is -2.56. The van der Waals surface area contributed by atoms with E-state index in [4.69, 9.17) is 5.73 Å². The Labute approximate surface area is 231 Å². The van der Waals surface area contributed by atoms with Crippen LogP contribution in [0.5, 0.6) is 0 Å². The largest absolute Gasteiger partial charge is 0.368 e. The summed E-state index contributed by atoms with van der Waals surface area (Å²) in [5.41, 5.74) is 6.79. The quantitative estimate of drug-likeness (QED) is 0.542. The zero-order valence-electron chi connectivity index (χ0n) is 23.2. The van der Waals surface area contributed by atoms with Gasteiger partial charge in [-0.2, -0.15) is 0 Å². The number of carbonyl (C=O) groups is 4. The molecule has 210 valence electrons. The number of fused-ring (bicyclic) bond motifs is 2. The van der Waals surface area contributed by atoms with E-state index in [1.807, 2.05) is 56.3 Å². The lowest BCUT2D eigenvalue weighted by Gasteiger charge is -2.36. The van der Waals surface area contributed by atoms with E-state index in [9.17, 15) is 19.2 Å². The standard InChI is InChI=1S/C31H42N4O4/c1-20(2)17-26-31(39)35(19-21-14-15-22-9-3-4-10-23(22)18-21)27(28(32)36)13-7-8-16-33-29(37)24-11-5-6-12-25(24)30(38)34-26/h3-4,9-10,14-15,18,20,24-27H,5-8,11-13,16-17,19H2,1-2H3,(H2,32,36)(H,33,37)(H,34,38). The van der Waals surface area contributed by atoms with Crippen LogP contribution in [0.1, 0.15) is 70.8 Å². The number of amides is 4. The van der Waals surface area contributed by atoms with Gasteiger partial charge in [0.05, 0.1) is 0 Å². The minimum atomic E-state index is -0.823. The van der Waals surface area contributed by atoms with Gasteiger partial charge in [-0.1, -0.05) is 63.1 Å². The van der Waals surface area contributed by atoms with E-state index in [-0.39, 0.29) is 36.1 Å². The van der Waals surface area contributed by atoms with Crippen molar-refractivity contribution in [2.24, 2.45) is 23.5 Å². The van der Waals surface area contributed by atoms with Gasteiger partial charge in [-0.3, -0.25) is 19.2 Å². The summed E-state index contributed by atoms with van der Waals surface area (Å²) in [4.78, 5) is 55.1. The van der Waals surface area contributed by atoms with Gasteiger partial charge in [0, 0.05) is 24.9 Å². The van der Waals surface area contributed by atoms with Crippen molar-refractivity contribution < 1.29 is 19.2 Å². The van der Waals surface area contributed by atoms with Crippen LogP contribution in [0.4, 0.5) is 0 Å². The number of hydrogen-bond donors (Lipinski definition) is 3. The van der Waals surface area contributed by atoms with Gasteiger partial charge >= 0.3 is 0 Å². The SMILES string of the molecule is CC(C)CC1NC(=O)C2CCCCC2C(=O)NCCCCC(C(N)=O)N(Cc2ccc3ccccc3c2)C1=O. The minimum absolute atomic E-state index is 0.0944. The molecule has 1 saturated heterocycles. The van der Waals surface area contributed by atoms with E-state index in [0.29, 0.717) is 45.1 Å². The van der Waals surface area contributed by atoms with E-state index in [1.165, 1.54) is 0 Å². The first kappa shape index (κ1) is 28.6. The molecular weight excluding hydrogens is 492 g/mol. The van der Waals surface area contributed by atoms with Gasteiger partial charge < -0.3 is 21.3 Å². The first-order chi connectivity index (χ1) is 18.7. The van der Waals surface area contributed by atoms with Gasteiger partial charge in [0.2, 0.25) is 23.6 Å². The van der Waals surface area contributed by atoms with Crippen LogP contribution in [0.15, 0.2) is 42.5 Å². The minimum Gasteiger partial charge on any atom is -0.368 e. The normalized spacial score (nSPS) is 25.5. The highest BCUT2D eigenvalue weighted by atomic mass is 16.2. The molecule has 2 fully saturated rings. The van der Waals surface area contributed by atoms with E-state index in [1.54, 1.807) is 4.90 Å². The Hall–Kier alpha value is -3.42. The van der Waals surface area contributed by atoms with Crippen LogP contribution in [0.3, 0.4) is 0 Å². The summed E-state index contributed by atoms with van der Waals surface area (Å²) in [6, 6.07) is 12.4. The van der Waals surface area contributed by atoms with Crippen molar-refractivity contribution in [1.82, 2.24) is 15.5 Å². The molecule has 2 aliphatic rings. The first-order valence-corrected chi connectivity index (χ1v) is 14.4. The summed E-state index contributed by atoms with van der Waals surface area (Å²) in [6.07, 6.45) is 5.18. The topological polar surface area (TPSA) is 122 Å². The van der Waals surface area contributed by atoms with Gasteiger partial charge in [-0.05, 0) is 66.8 Å². The Morgan fingerprint density at radius 1 is 0.923 bits per heavy atom. The predicted molar refractivity (Wildman–Crippen MR) is 151 cm³/mol. The Bertz CT molecular complexity index is 1200. The fraction of sp³-hybridized carbons (Fsp3) is 0.548. The Balaban J connectivity index is 1.69. The van der Waals surface area contributed by atoms with Crippen molar-refractivity contribution in [3.63, 3.8) is 0 Å². The van der Waals surface area contributed by atoms with Crippen molar-refractivity contribution in [2.75, 3.05) is 6.54 Å². The number of nitrogens with zero attached hydrogens (tertiary/aromatic N) is 1. The van der Waals surface area contributed by atoms with Gasteiger partial charge in [0.15, 0.2) is 0 Å². The van der Waals surface area contributed by atoms with Crippen LogP contribution in [0.2, 0.25) is 0 Å². The fourth-order valence-electron chi connectivity index (χ4n) is 6.06. The molecule has 39 heavy (non-hydrogen) atoms. The molecule has 4 N–H and O–H groups in total. The van der Waals surface area contributed by atoms with Crippen molar-refractivity contribution in [3.8, 4) is 0 Å². The molecule has 8 nitrogen and oxygen atoms in total. The highest BCUT2D eigenvalue weighted by molar-refractivity contribution is 5.94. The lowest BCUT2D eigenvalue weighted by molar-refractivity contribution is -0.145. The number of rotatable bonds is 5. The number of benzene rings is 2. The summed E-state index contributed by atoms with van der Waals surface area (Å²) in [6.45, 7) is 4.68. The molecule has 1 aliphatic heterocycles. The third-order valence-electron chi connectivity index (χ3n) is 8.12. The van der Waals surface area contributed by atoms with E-state index in [2.05, 4.69) is 10.6 Å². The summed E-state index contributed by atoms with van der Waals surface area (Å²) < 4.78 is 0. The summed E-state index contributed by atoms with van der Waals surface area (Å²) in [7, 11) is 0. The second-order valence-corrected chi connectivity index (χ2v) is 11.5. The number of nitrogens with two attached hydrogens (primary N) is 1. The number of primary amides is 1. The van der Waals surface area contributed by atoms with Gasteiger partial charge in [0.1, 0.15) is 12.1 Å². The second-order valence-electron chi connectivity index (χ2n) is 11.5. The van der Waals surface area contributed by atoms with E-state index >= 15 is 0 Å². The average molecular weight is 535 g/mol. The molecular formula is C31H42N4O4. The molecule has 1 saturated carbocycles. The van der Waals surface area contributed by atoms with Gasteiger partial charge in [-0.25, -0.2) is 0 Å². The fourth-order valence-corrected chi connectivity index (χ4v) is 6.06. The molecule has 2 aromatic rings. The Morgan fingerprint density at radius 3 is 2.28 bits per heavy atom. The zero-order valence-corrected chi connectivity index (χ0v) is 23.2. The molecule has 8 heteroatoms. The third-order valence-corrected chi connectivity index (χ3v) is 8.12. The van der Waals surface area contributed by atoms with Crippen molar-refractivity contribution >= 4 is 34.4 Å². The average Bonchev–Trinajstić information content (AvgIpc) is 2.92. The molecule has 1 heterocycles. The van der Waals surface area contributed by atoms with Crippen LogP contribution in [0, 0.1) is 17.8 Å². The maximum absolute atomic E-state index is 14.2. The molecule has 0 spiro atoms. The van der Waals surface area contributed by atoms with Crippen LogP contribution in [-0.4, -0.2) is 47.2 Å². The molecule has 4 rings (SSSR count). The molecule has 4 amide bonds. The van der Waals surface area contributed by atoms with E-state index in [0.717, 1.165) is 29.2 Å². The molecule has 2 aromatic carbocycles. The molecule has 4 atom stereocenters. The molecule has 0 bridgehead atoms. The smallest absolute Gasteiger partial charge is 0.246 e. The first-order valence-electron chi connectivity index (χ1n) is 14.4. The number of hydrogen-bond acceptors (Lipinski definition) is 4. The zero-order chi connectivity index (χ0) is 27.9. The Kier molecular flexibility index (Phi) is 9.59. The molecule has 4 unspecified atom stereocenters. The van der Waals surface area contributed by atoms with Crippen molar-refractivity contribution in [2.45, 2.75) is 83.8 Å². The summed E-state index contributed by atoms with van der Waals surface area (Å²) in [5, 5.41) is 8.16. The maximum Gasteiger partial charge on any atom is 0.246 e. The van der Waals surface area contributed by atoms with Crippen LogP contribution < -0.4 is 16.4 Å². The van der Waals surface area contributed by atoms with Crippen LogP contribution in [0.25, 0.3) is 10.8 Å². The van der Waals surface area contributed by atoms with E-state index < -0.39 is 23.9 Å². The lowest BCUT2D eigenvalue weighted by atomic mass is 9.78.